The number of fused-ring (bicyclic) bond motifs is 2. The summed E-state index contributed by atoms with van der Waals surface area (Å²) in [5.41, 5.74) is 0.600. The fourth-order valence-electron chi connectivity index (χ4n) is 3.25. The summed E-state index contributed by atoms with van der Waals surface area (Å²) in [5.74, 6) is -1.74. The molecule has 0 aliphatic carbocycles. The molecule has 9 heteroatoms. The lowest BCUT2D eigenvalue weighted by atomic mass is 10.00. The highest BCUT2D eigenvalue weighted by Gasteiger charge is 2.21. The van der Waals surface area contributed by atoms with Gasteiger partial charge in [-0.05, 0) is 37.8 Å². The SMILES string of the molecule is Cc1cc(=O)c2c(O)c3c(cc2o1)OCC(C)CC3.O=C(O)c1cc(O)c(O)c(O)c1. The van der Waals surface area contributed by atoms with Crippen LogP contribution in [0.15, 0.2) is 33.5 Å². The van der Waals surface area contributed by atoms with Crippen LogP contribution in [0, 0.1) is 12.8 Å². The summed E-state index contributed by atoms with van der Waals surface area (Å²) < 4.78 is 11.2. The number of phenolic OH excluding ortho intramolecular Hbond substituents is 4. The minimum atomic E-state index is -1.29. The molecule has 0 saturated heterocycles. The van der Waals surface area contributed by atoms with Gasteiger partial charge in [-0.15, -0.1) is 0 Å². The number of aromatic carboxylic acids is 1. The molecule has 31 heavy (non-hydrogen) atoms. The number of ether oxygens (including phenoxy) is 1. The molecule has 1 unspecified atom stereocenters. The highest BCUT2D eigenvalue weighted by atomic mass is 16.5. The number of aromatic hydroxyl groups is 4. The summed E-state index contributed by atoms with van der Waals surface area (Å²) in [6.07, 6.45) is 1.65. The van der Waals surface area contributed by atoms with E-state index in [1.165, 1.54) is 6.07 Å². The lowest BCUT2D eigenvalue weighted by Gasteiger charge is -2.11. The minimum absolute atomic E-state index is 0.00958. The van der Waals surface area contributed by atoms with Crippen molar-refractivity contribution in [3.05, 3.63) is 51.4 Å². The number of carboxylic acid groups (broad SMARTS) is 1. The Labute approximate surface area is 176 Å². The highest BCUT2D eigenvalue weighted by molar-refractivity contribution is 5.89. The first-order chi connectivity index (χ1) is 14.6. The molecule has 2 aromatic carbocycles. The Morgan fingerprint density at radius 1 is 1.03 bits per heavy atom. The van der Waals surface area contributed by atoms with Gasteiger partial charge in [0.1, 0.15) is 28.2 Å². The van der Waals surface area contributed by atoms with E-state index in [0.29, 0.717) is 41.6 Å². The molecule has 1 aromatic heterocycles. The van der Waals surface area contributed by atoms with Crippen molar-refractivity contribution in [2.24, 2.45) is 5.92 Å². The van der Waals surface area contributed by atoms with Crippen molar-refractivity contribution < 1.29 is 39.5 Å². The van der Waals surface area contributed by atoms with E-state index in [4.69, 9.17) is 29.6 Å². The molecule has 4 rings (SSSR count). The van der Waals surface area contributed by atoms with Gasteiger partial charge in [-0.25, -0.2) is 4.79 Å². The standard InChI is InChI=1S/C15H16O4.C7H6O5/c1-8-3-4-10-12(18-7-8)6-13-14(15(10)17)11(16)5-9(2)19-13;8-4-1-3(7(11)12)2-5(9)6(4)10/h5-6,8,17H,3-4,7H2,1-2H3;1-2,8-10H,(H,11,12). The summed E-state index contributed by atoms with van der Waals surface area (Å²) in [6, 6.07) is 4.81. The molecule has 0 amide bonds. The monoisotopic (exact) mass is 430 g/mol. The quantitative estimate of drug-likeness (QED) is 0.365. The van der Waals surface area contributed by atoms with Crippen molar-refractivity contribution >= 4 is 16.9 Å². The zero-order valence-corrected chi connectivity index (χ0v) is 16.9. The van der Waals surface area contributed by atoms with Crippen LogP contribution < -0.4 is 10.2 Å². The topological polar surface area (TPSA) is 158 Å². The first-order valence-electron chi connectivity index (χ1n) is 9.48. The Morgan fingerprint density at radius 2 is 1.68 bits per heavy atom. The van der Waals surface area contributed by atoms with Gasteiger partial charge < -0.3 is 34.7 Å². The normalized spacial score (nSPS) is 15.2. The first-order valence-corrected chi connectivity index (χ1v) is 9.48. The maximum atomic E-state index is 12.0. The zero-order chi connectivity index (χ0) is 22.9. The van der Waals surface area contributed by atoms with Crippen LogP contribution in [0.5, 0.6) is 28.7 Å². The third-order valence-electron chi connectivity index (χ3n) is 4.91. The van der Waals surface area contributed by atoms with Crippen LogP contribution in [-0.4, -0.2) is 38.1 Å². The molecule has 0 fully saturated rings. The Kier molecular flexibility index (Phi) is 5.96. The average molecular weight is 430 g/mol. The van der Waals surface area contributed by atoms with Crippen LogP contribution in [0.2, 0.25) is 0 Å². The summed E-state index contributed by atoms with van der Waals surface area (Å²) in [6.45, 7) is 4.44. The van der Waals surface area contributed by atoms with Gasteiger partial charge in [0.2, 0.25) is 0 Å². The molecule has 0 saturated carbocycles. The van der Waals surface area contributed by atoms with E-state index in [9.17, 15) is 14.7 Å². The number of aryl methyl sites for hydroxylation is 1. The second-order valence-electron chi connectivity index (χ2n) is 7.42. The Bertz CT molecular complexity index is 1190. The van der Waals surface area contributed by atoms with Gasteiger partial charge >= 0.3 is 5.97 Å². The summed E-state index contributed by atoms with van der Waals surface area (Å²) in [5, 5.41) is 45.5. The van der Waals surface area contributed by atoms with Gasteiger partial charge in [0.25, 0.3) is 0 Å². The first kappa shape index (κ1) is 21.8. The van der Waals surface area contributed by atoms with Crippen molar-refractivity contribution in [3.8, 4) is 28.7 Å². The van der Waals surface area contributed by atoms with E-state index in [1.807, 2.05) is 0 Å². The number of carbonyl (C=O) groups is 1. The maximum absolute atomic E-state index is 12.0. The third-order valence-corrected chi connectivity index (χ3v) is 4.91. The number of benzene rings is 2. The van der Waals surface area contributed by atoms with Gasteiger partial charge in [0.05, 0.1) is 12.2 Å². The van der Waals surface area contributed by atoms with Crippen LogP contribution in [0.3, 0.4) is 0 Å². The fraction of sp³-hybridized carbons (Fsp3) is 0.273. The lowest BCUT2D eigenvalue weighted by molar-refractivity contribution is 0.0696. The predicted molar refractivity (Wildman–Crippen MR) is 110 cm³/mol. The van der Waals surface area contributed by atoms with Crippen LogP contribution in [0.1, 0.15) is 35.0 Å². The van der Waals surface area contributed by atoms with Gasteiger partial charge in [0.15, 0.2) is 22.7 Å². The number of phenols is 4. The number of hydrogen-bond acceptors (Lipinski definition) is 8. The predicted octanol–water partition coefficient (Wildman–Crippen LogP) is 3.27. The third kappa shape index (κ3) is 4.50. The van der Waals surface area contributed by atoms with E-state index in [0.717, 1.165) is 18.6 Å². The molecular formula is C22H22O9. The molecule has 1 atom stereocenters. The zero-order valence-electron chi connectivity index (χ0n) is 16.9. The van der Waals surface area contributed by atoms with Gasteiger partial charge in [-0.2, -0.15) is 0 Å². The average Bonchev–Trinajstić information content (AvgIpc) is 2.87. The number of carboxylic acids is 1. The van der Waals surface area contributed by atoms with Crippen LogP contribution in [-0.2, 0) is 6.42 Å². The number of hydrogen-bond donors (Lipinski definition) is 5. The van der Waals surface area contributed by atoms with Crippen LogP contribution in [0.4, 0.5) is 0 Å². The Hall–Kier alpha value is -3.88. The van der Waals surface area contributed by atoms with E-state index < -0.39 is 23.2 Å². The second-order valence-corrected chi connectivity index (χ2v) is 7.42. The largest absolute Gasteiger partial charge is 0.507 e. The molecule has 0 bridgehead atoms. The molecule has 5 N–H and O–H groups in total. The molecule has 3 aromatic rings. The van der Waals surface area contributed by atoms with Gasteiger partial charge in [-0.3, -0.25) is 4.79 Å². The van der Waals surface area contributed by atoms with Crippen molar-refractivity contribution in [1.29, 1.82) is 0 Å². The summed E-state index contributed by atoms with van der Waals surface area (Å²) in [7, 11) is 0. The Morgan fingerprint density at radius 3 is 2.29 bits per heavy atom. The van der Waals surface area contributed by atoms with Crippen LogP contribution >= 0.6 is 0 Å². The molecule has 0 radical (unpaired) electrons. The molecule has 0 spiro atoms. The van der Waals surface area contributed by atoms with Gasteiger partial charge in [-0.1, -0.05) is 6.92 Å². The van der Waals surface area contributed by atoms with E-state index in [2.05, 4.69) is 6.92 Å². The Balaban J connectivity index is 0.000000196. The molecule has 1 aliphatic heterocycles. The van der Waals surface area contributed by atoms with E-state index in [1.54, 1.807) is 13.0 Å². The molecule has 164 valence electrons. The fourth-order valence-corrected chi connectivity index (χ4v) is 3.25. The smallest absolute Gasteiger partial charge is 0.335 e. The van der Waals surface area contributed by atoms with Gasteiger partial charge in [0, 0.05) is 17.7 Å². The molecule has 1 aliphatic rings. The van der Waals surface area contributed by atoms with Crippen molar-refractivity contribution in [2.45, 2.75) is 26.7 Å². The maximum Gasteiger partial charge on any atom is 0.335 e. The van der Waals surface area contributed by atoms with E-state index >= 15 is 0 Å². The summed E-state index contributed by atoms with van der Waals surface area (Å²) >= 11 is 0. The molecule has 2 heterocycles. The lowest BCUT2D eigenvalue weighted by Crippen LogP contribution is -2.05. The van der Waals surface area contributed by atoms with Crippen molar-refractivity contribution in [1.82, 2.24) is 0 Å². The molecule has 9 nitrogen and oxygen atoms in total. The number of rotatable bonds is 1. The minimum Gasteiger partial charge on any atom is -0.507 e. The van der Waals surface area contributed by atoms with Crippen molar-refractivity contribution in [2.75, 3.05) is 6.61 Å². The van der Waals surface area contributed by atoms with Crippen LogP contribution in [0.25, 0.3) is 11.0 Å². The van der Waals surface area contributed by atoms with Crippen molar-refractivity contribution in [3.63, 3.8) is 0 Å². The highest BCUT2D eigenvalue weighted by Crippen LogP contribution is 2.38. The van der Waals surface area contributed by atoms with E-state index in [-0.39, 0.29) is 22.1 Å². The summed E-state index contributed by atoms with van der Waals surface area (Å²) in [4.78, 5) is 22.3. The second kappa shape index (κ2) is 8.47. The molecular weight excluding hydrogens is 408 g/mol.